The number of methoxy groups -OCH3 is 2. The molecule has 2 rings (SSSR count). The summed E-state index contributed by atoms with van der Waals surface area (Å²) >= 11 is 0. The molecule has 2 atom stereocenters. The topological polar surface area (TPSA) is 30.5 Å². The zero-order valence-corrected chi connectivity index (χ0v) is 13.6. The van der Waals surface area contributed by atoms with E-state index in [2.05, 4.69) is 31.3 Å². The Hall–Kier alpha value is -1.48. The number of rotatable bonds is 6. The lowest BCUT2D eigenvalue weighted by Gasteiger charge is -2.25. The van der Waals surface area contributed by atoms with Crippen molar-refractivity contribution < 1.29 is 9.47 Å². The van der Waals surface area contributed by atoms with Gasteiger partial charge < -0.3 is 14.8 Å². The van der Waals surface area contributed by atoms with Crippen molar-refractivity contribution in [3.63, 3.8) is 0 Å². The van der Waals surface area contributed by atoms with Gasteiger partial charge in [0.1, 0.15) is 0 Å². The summed E-state index contributed by atoms with van der Waals surface area (Å²) in [6.07, 6.45) is 4.92. The van der Waals surface area contributed by atoms with Crippen molar-refractivity contribution in [1.29, 1.82) is 0 Å². The Kier molecular flexibility index (Phi) is 5.68. The highest BCUT2D eigenvalue weighted by Crippen LogP contribution is 2.28. The summed E-state index contributed by atoms with van der Waals surface area (Å²) in [5.41, 5.74) is 2.76. The second-order valence-corrected chi connectivity index (χ2v) is 6.12. The first kappa shape index (κ1) is 15.9. The van der Waals surface area contributed by atoms with Crippen LogP contribution in [0.1, 0.15) is 32.3 Å². The second kappa shape index (κ2) is 7.51. The average molecular weight is 289 g/mol. The molecule has 0 heterocycles. The first-order chi connectivity index (χ1) is 10.1. The highest BCUT2D eigenvalue weighted by atomic mass is 16.5. The molecular formula is C18H27NO2. The summed E-state index contributed by atoms with van der Waals surface area (Å²) in [7, 11) is 3.34. The van der Waals surface area contributed by atoms with Crippen molar-refractivity contribution in [2.75, 3.05) is 20.8 Å². The Morgan fingerprint density at radius 1 is 1.19 bits per heavy atom. The zero-order chi connectivity index (χ0) is 15.2. The van der Waals surface area contributed by atoms with Gasteiger partial charge in [-0.1, -0.05) is 24.6 Å². The van der Waals surface area contributed by atoms with E-state index in [1.54, 1.807) is 14.2 Å². The summed E-state index contributed by atoms with van der Waals surface area (Å²) in [5.74, 6) is 3.04. The number of ether oxygens (including phenoxy) is 2. The van der Waals surface area contributed by atoms with Crippen LogP contribution in [-0.4, -0.2) is 20.8 Å². The molecule has 0 aromatic heterocycles. The van der Waals surface area contributed by atoms with Gasteiger partial charge in [0.15, 0.2) is 11.5 Å². The maximum atomic E-state index is 5.34. The standard InChI is InChI=1S/C18H27NO2/c1-13-7-14(2)9-16(8-13)12-19-11-15-5-6-17(20-3)18(10-15)21-4/h5-7,10,13,16,19H,8-9,11-12H2,1-4H3. The van der Waals surface area contributed by atoms with E-state index >= 15 is 0 Å². The number of hydrogen-bond acceptors (Lipinski definition) is 3. The molecule has 1 aliphatic rings. The second-order valence-electron chi connectivity index (χ2n) is 6.12. The maximum absolute atomic E-state index is 5.34. The van der Waals surface area contributed by atoms with E-state index < -0.39 is 0 Å². The minimum Gasteiger partial charge on any atom is -0.493 e. The average Bonchev–Trinajstić information content (AvgIpc) is 2.46. The van der Waals surface area contributed by atoms with E-state index in [-0.39, 0.29) is 0 Å². The molecule has 0 saturated carbocycles. The van der Waals surface area contributed by atoms with E-state index in [4.69, 9.17) is 9.47 Å². The van der Waals surface area contributed by atoms with E-state index in [1.807, 2.05) is 12.1 Å². The van der Waals surface area contributed by atoms with Gasteiger partial charge in [0.25, 0.3) is 0 Å². The first-order valence-electron chi connectivity index (χ1n) is 7.71. The van der Waals surface area contributed by atoms with E-state index in [0.29, 0.717) is 5.92 Å². The van der Waals surface area contributed by atoms with Gasteiger partial charge in [-0.3, -0.25) is 0 Å². The molecule has 0 fully saturated rings. The molecule has 1 N–H and O–H groups in total. The number of nitrogens with one attached hydrogen (secondary N) is 1. The quantitative estimate of drug-likeness (QED) is 0.808. The van der Waals surface area contributed by atoms with Gasteiger partial charge >= 0.3 is 0 Å². The fourth-order valence-electron chi connectivity index (χ4n) is 3.25. The molecule has 3 nitrogen and oxygen atoms in total. The molecule has 1 aromatic rings. The Labute approximate surface area is 128 Å². The molecule has 2 unspecified atom stereocenters. The van der Waals surface area contributed by atoms with Crippen LogP contribution < -0.4 is 14.8 Å². The Morgan fingerprint density at radius 2 is 1.95 bits per heavy atom. The van der Waals surface area contributed by atoms with Crippen molar-refractivity contribution >= 4 is 0 Å². The molecule has 0 bridgehead atoms. The molecule has 0 amide bonds. The lowest BCUT2D eigenvalue weighted by Crippen LogP contribution is -2.25. The van der Waals surface area contributed by atoms with Crippen LogP contribution >= 0.6 is 0 Å². The molecule has 0 spiro atoms. The molecule has 3 heteroatoms. The van der Waals surface area contributed by atoms with Crippen LogP contribution in [0.25, 0.3) is 0 Å². The molecule has 0 radical (unpaired) electrons. The van der Waals surface area contributed by atoms with Gasteiger partial charge in [-0.05, 0) is 55.8 Å². The Morgan fingerprint density at radius 3 is 2.62 bits per heavy atom. The smallest absolute Gasteiger partial charge is 0.161 e. The third-order valence-electron chi connectivity index (χ3n) is 4.09. The maximum Gasteiger partial charge on any atom is 0.161 e. The van der Waals surface area contributed by atoms with Crippen LogP contribution in [-0.2, 0) is 6.54 Å². The Bertz CT molecular complexity index is 496. The monoisotopic (exact) mass is 289 g/mol. The van der Waals surface area contributed by atoms with Gasteiger partial charge in [0.2, 0.25) is 0 Å². The number of allylic oxidation sites excluding steroid dienone is 2. The predicted molar refractivity (Wildman–Crippen MR) is 86.9 cm³/mol. The minimum absolute atomic E-state index is 0.714. The largest absolute Gasteiger partial charge is 0.493 e. The van der Waals surface area contributed by atoms with Crippen molar-refractivity contribution in [2.24, 2.45) is 11.8 Å². The normalized spacial score (nSPS) is 21.8. The van der Waals surface area contributed by atoms with Crippen molar-refractivity contribution in [2.45, 2.75) is 33.2 Å². The molecule has 1 aliphatic carbocycles. The van der Waals surface area contributed by atoms with Crippen molar-refractivity contribution in [3.05, 3.63) is 35.4 Å². The van der Waals surface area contributed by atoms with Crippen LogP contribution in [0.4, 0.5) is 0 Å². The molecule has 0 saturated heterocycles. The fraction of sp³-hybridized carbons (Fsp3) is 0.556. The van der Waals surface area contributed by atoms with Crippen LogP contribution in [0.15, 0.2) is 29.8 Å². The molecule has 116 valence electrons. The molecule has 0 aliphatic heterocycles. The van der Waals surface area contributed by atoms with Crippen molar-refractivity contribution in [1.82, 2.24) is 5.32 Å². The summed E-state index contributed by atoms with van der Waals surface area (Å²) in [5, 5.41) is 3.58. The van der Waals surface area contributed by atoms with Crippen LogP contribution in [0.3, 0.4) is 0 Å². The van der Waals surface area contributed by atoms with E-state index in [9.17, 15) is 0 Å². The predicted octanol–water partition coefficient (Wildman–Crippen LogP) is 3.79. The van der Waals surface area contributed by atoms with Crippen LogP contribution in [0.2, 0.25) is 0 Å². The number of benzene rings is 1. The molecule has 21 heavy (non-hydrogen) atoms. The third-order valence-corrected chi connectivity index (χ3v) is 4.09. The van der Waals surface area contributed by atoms with Gasteiger partial charge in [-0.25, -0.2) is 0 Å². The van der Waals surface area contributed by atoms with Crippen LogP contribution in [0.5, 0.6) is 11.5 Å². The Balaban J connectivity index is 1.85. The summed E-state index contributed by atoms with van der Waals surface area (Å²) < 4.78 is 10.6. The van der Waals surface area contributed by atoms with Gasteiger partial charge in [0.05, 0.1) is 14.2 Å². The summed E-state index contributed by atoms with van der Waals surface area (Å²) in [6, 6.07) is 6.09. The zero-order valence-electron chi connectivity index (χ0n) is 13.6. The summed E-state index contributed by atoms with van der Waals surface area (Å²) in [6.45, 7) is 6.50. The SMILES string of the molecule is COc1ccc(CNCC2CC(C)=CC(C)C2)cc1OC. The first-order valence-corrected chi connectivity index (χ1v) is 7.71. The lowest BCUT2D eigenvalue weighted by atomic mass is 9.84. The van der Waals surface area contributed by atoms with Gasteiger partial charge in [-0.2, -0.15) is 0 Å². The minimum atomic E-state index is 0.714. The van der Waals surface area contributed by atoms with Crippen molar-refractivity contribution in [3.8, 4) is 11.5 Å². The van der Waals surface area contributed by atoms with Crippen LogP contribution in [0, 0.1) is 11.8 Å². The van der Waals surface area contributed by atoms with E-state index in [0.717, 1.165) is 30.5 Å². The summed E-state index contributed by atoms with van der Waals surface area (Å²) in [4.78, 5) is 0. The highest BCUT2D eigenvalue weighted by molar-refractivity contribution is 5.42. The molecular weight excluding hydrogens is 262 g/mol. The van der Waals surface area contributed by atoms with Gasteiger partial charge in [0, 0.05) is 6.54 Å². The molecule has 1 aromatic carbocycles. The lowest BCUT2D eigenvalue weighted by molar-refractivity contribution is 0.354. The fourth-order valence-corrected chi connectivity index (χ4v) is 3.25. The van der Waals surface area contributed by atoms with Gasteiger partial charge in [-0.15, -0.1) is 0 Å². The highest BCUT2D eigenvalue weighted by Gasteiger charge is 2.17. The third kappa shape index (κ3) is 4.50. The van der Waals surface area contributed by atoms with E-state index in [1.165, 1.54) is 24.0 Å². The number of hydrogen-bond donors (Lipinski definition) is 1.